The molecule has 3 nitrogen and oxygen atoms in total. The number of benzene rings is 2. The molecule has 0 heterocycles. The molecular weight excluding hydrogens is 269 g/mol. The van der Waals surface area contributed by atoms with E-state index in [0.29, 0.717) is 16.9 Å². The number of nitrogens with zero attached hydrogens (tertiary/aromatic N) is 1. The number of aliphatic hydroxyl groups excluding tert-OH is 1. The first kappa shape index (κ1) is 14.6. The molecule has 0 aliphatic rings. The first-order chi connectivity index (χ1) is 10.2. The van der Waals surface area contributed by atoms with Crippen molar-refractivity contribution in [3.8, 4) is 23.7 Å². The summed E-state index contributed by atoms with van der Waals surface area (Å²) in [4.78, 5) is 0. The van der Waals surface area contributed by atoms with Crippen molar-refractivity contribution in [1.82, 2.24) is 0 Å². The number of ether oxygens (including phenoxy) is 1. The Morgan fingerprint density at radius 3 is 2.71 bits per heavy atom. The van der Waals surface area contributed by atoms with Gasteiger partial charge >= 0.3 is 0 Å². The van der Waals surface area contributed by atoms with Crippen molar-refractivity contribution in [2.45, 2.75) is 6.61 Å². The van der Waals surface area contributed by atoms with Gasteiger partial charge in [0.15, 0.2) is 0 Å². The van der Waals surface area contributed by atoms with Crippen molar-refractivity contribution in [2.24, 2.45) is 0 Å². The van der Waals surface area contributed by atoms with E-state index in [0.717, 1.165) is 0 Å². The van der Waals surface area contributed by atoms with Gasteiger partial charge in [0.05, 0.1) is 11.6 Å². The van der Waals surface area contributed by atoms with Crippen molar-refractivity contribution in [3.05, 3.63) is 65.0 Å². The second-order valence-corrected chi connectivity index (χ2v) is 4.19. The van der Waals surface area contributed by atoms with Crippen LogP contribution in [-0.2, 0) is 6.61 Å². The Kier molecular flexibility index (Phi) is 4.93. The van der Waals surface area contributed by atoms with Crippen LogP contribution < -0.4 is 4.74 Å². The van der Waals surface area contributed by atoms with Gasteiger partial charge in [0, 0.05) is 11.1 Å². The standard InChI is InChI=1S/C17H12FNO2/c18-17-10-14(11-19)6-7-15(17)12-21-16-5-1-3-13(9-16)4-2-8-20/h1,3,5-7,9-10,20H,8,12H2. The minimum atomic E-state index is -0.467. The fraction of sp³-hybridized carbons (Fsp3) is 0.118. The van der Waals surface area contributed by atoms with Crippen LogP contribution in [0.2, 0.25) is 0 Å². The van der Waals surface area contributed by atoms with Crippen molar-refractivity contribution in [2.75, 3.05) is 6.61 Å². The van der Waals surface area contributed by atoms with Gasteiger partial charge in [-0.05, 0) is 30.3 Å². The molecular formula is C17H12FNO2. The smallest absolute Gasteiger partial charge is 0.131 e. The zero-order valence-electron chi connectivity index (χ0n) is 11.1. The minimum Gasteiger partial charge on any atom is -0.489 e. The van der Waals surface area contributed by atoms with Gasteiger partial charge in [0.2, 0.25) is 0 Å². The Morgan fingerprint density at radius 1 is 1.14 bits per heavy atom. The molecule has 0 saturated carbocycles. The molecule has 0 bridgehead atoms. The molecule has 0 aliphatic carbocycles. The number of aliphatic hydroxyl groups is 1. The first-order valence-electron chi connectivity index (χ1n) is 6.24. The average molecular weight is 281 g/mol. The number of hydrogen-bond donors (Lipinski definition) is 1. The lowest BCUT2D eigenvalue weighted by Gasteiger charge is -2.07. The molecule has 0 unspecified atom stereocenters. The number of nitriles is 1. The highest BCUT2D eigenvalue weighted by molar-refractivity contribution is 5.40. The second-order valence-electron chi connectivity index (χ2n) is 4.19. The maximum Gasteiger partial charge on any atom is 0.131 e. The van der Waals surface area contributed by atoms with Crippen LogP contribution in [-0.4, -0.2) is 11.7 Å². The quantitative estimate of drug-likeness (QED) is 0.880. The van der Waals surface area contributed by atoms with Crippen molar-refractivity contribution < 1.29 is 14.2 Å². The van der Waals surface area contributed by atoms with E-state index in [4.69, 9.17) is 15.1 Å². The normalized spacial score (nSPS) is 9.38. The number of hydrogen-bond acceptors (Lipinski definition) is 3. The van der Waals surface area contributed by atoms with Gasteiger partial charge in [-0.1, -0.05) is 24.0 Å². The van der Waals surface area contributed by atoms with E-state index < -0.39 is 5.82 Å². The molecule has 0 aromatic heterocycles. The third-order valence-corrected chi connectivity index (χ3v) is 2.72. The molecule has 0 atom stereocenters. The van der Waals surface area contributed by atoms with Crippen LogP contribution in [0.25, 0.3) is 0 Å². The third-order valence-electron chi connectivity index (χ3n) is 2.72. The Labute approximate surface area is 122 Å². The fourth-order valence-corrected chi connectivity index (χ4v) is 1.70. The van der Waals surface area contributed by atoms with Crippen LogP contribution >= 0.6 is 0 Å². The zero-order chi connectivity index (χ0) is 15.1. The summed E-state index contributed by atoms with van der Waals surface area (Å²) in [6, 6.07) is 13.2. The van der Waals surface area contributed by atoms with Gasteiger partial charge in [0.25, 0.3) is 0 Å². The van der Waals surface area contributed by atoms with Crippen LogP contribution in [0.15, 0.2) is 42.5 Å². The fourth-order valence-electron chi connectivity index (χ4n) is 1.70. The predicted molar refractivity (Wildman–Crippen MR) is 75.9 cm³/mol. The molecule has 0 saturated heterocycles. The Balaban J connectivity index is 2.08. The maximum atomic E-state index is 13.7. The van der Waals surface area contributed by atoms with Crippen LogP contribution in [0, 0.1) is 29.0 Å². The Bertz CT molecular complexity index is 738. The molecule has 0 spiro atoms. The first-order valence-corrected chi connectivity index (χ1v) is 6.24. The summed E-state index contributed by atoms with van der Waals surface area (Å²) in [5, 5.41) is 17.3. The largest absolute Gasteiger partial charge is 0.489 e. The summed E-state index contributed by atoms with van der Waals surface area (Å²) in [6.07, 6.45) is 0. The van der Waals surface area contributed by atoms with Gasteiger partial charge in [-0.15, -0.1) is 0 Å². The molecule has 4 heteroatoms. The van der Waals surface area contributed by atoms with E-state index in [9.17, 15) is 4.39 Å². The number of halogens is 1. The third kappa shape index (κ3) is 4.07. The van der Waals surface area contributed by atoms with E-state index in [-0.39, 0.29) is 18.8 Å². The maximum absolute atomic E-state index is 13.7. The molecule has 2 aromatic carbocycles. The van der Waals surface area contributed by atoms with E-state index in [1.54, 1.807) is 30.3 Å². The van der Waals surface area contributed by atoms with Crippen molar-refractivity contribution >= 4 is 0 Å². The molecule has 0 aliphatic heterocycles. The highest BCUT2D eigenvalue weighted by Crippen LogP contribution is 2.16. The molecule has 0 amide bonds. The molecule has 0 fully saturated rings. The molecule has 2 rings (SSSR count). The lowest BCUT2D eigenvalue weighted by molar-refractivity contribution is 0.300. The van der Waals surface area contributed by atoms with E-state index >= 15 is 0 Å². The average Bonchev–Trinajstić information content (AvgIpc) is 2.52. The molecule has 104 valence electrons. The molecule has 1 N–H and O–H groups in total. The summed E-state index contributed by atoms with van der Waals surface area (Å²) >= 11 is 0. The number of rotatable bonds is 3. The lowest BCUT2D eigenvalue weighted by atomic mass is 10.1. The minimum absolute atomic E-state index is 0.0639. The van der Waals surface area contributed by atoms with E-state index in [2.05, 4.69) is 11.8 Å². The summed E-state index contributed by atoms with van der Waals surface area (Å²) in [5.74, 6) is 5.41. The second kappa shape index (κ2) is 7.09. The summed E-state index contributed by atoms with van der Waals surface area (Å²) in [7, 11) is 0. The van der Waals surface area contributed by atoms with E-state index in [1.165, 1.54) is 12.1 Å². The van der Waals surface area contributed by atoms with Crippen LogP contribution in [0.3, 0.4) is 0 Å². The highest BCUT2D eigenvalue weighted by Gasteiger charge is 2.04. The predicted octanol–water partition coefficient (Wildman–Crippen LogP) is 2.62. The Hall–Kier alpha value is -2.82. The van der Waals surface area contributed by atoms with Crippen LogP contribution in [0.1, 0.15) is 16.7 Å². The zero-order valence-corrected chi connectivity index (χ0v) is 11.1. The Morgan fingerprint density at radius 2 is 2.00 bits per heavy atom. The van der Waals surface area contributed by atoms with Gasteiger partial charge in [-0.3, -0.25) is 0 Å². The summed E-state index contributed by atoms with van der Waals surface area (Å²) < 4.78 is 19.2. The van der Waals surface area contributed by atoms with Gasteiger partial charge in [-0.2, -0.15) is 5.26 Å². The topological polar surface area (TPSA) is 53.2 Å². The summed E-state index contributed by atoms with van der Waals surface area (Å²) in [5.41, 5.74) is 1.36. The van der Waals surface area contributed by atoms with Gasteiger partial charge in [-0.25, -0.2) is 4.39 Å². The van der Waals surface area contributed by atoms with Crippen LogP contribution in [0.4, 0.5) is 4.39 Å². The van der Waals surface area contributed by atoms with Gasteiger partial charge < -0.3 is 9.84 Å². The van der Waals surface area contributed by atoms with Crippen LogP contribution in [0.5, 0.6) is 5.75 Å². The highest BCUT2D eigenvalue weighted by atomic mass is 19.1. The van der Waals surface area contributed by atoms with E-state index in [1.807, 2.05) is 6.07 Å². The molecule has 21 heavy (non-hydrogen) atoms. The lowest BCUT2D eigenvalue weighted by Crippen LogP contribution is -1.99. The SMILES string of the molecule is N#Cc1ccc(COc2cccc(C#CCO)c2)c(F)c1. The molecule has 2 aromatic rings. The van der Waals surface area contributed by atoms with Gasteiger partial charge in [0.1, 0.15) is 24.8 Å². The van der Waals surface area contributed by atoms with Crippen molar-refractivity contribution in [3.63, 3.8) is 0 Å². The summed E-state index contributed by atoms with van der Waals surface area (Å²) in [6.45, 7) is -0.143. The molecule has 0 radical (unpaired) electrons. The van der Waals surface area contributed by atoms with Crippen molar-refractivity contribution in [1.29, 1.82) is 5.26 Å². The monoisotopic (exact) mass is 281 g/mol.